The van der Waals surface area contributed by atoms with Crippen molar-refractivity contribution in [3.63, 3.8) is 0 Å². The Balaban J connectivity index is 1.59. The Bertz CT molecular complexity index is 676. The van der Waals surface area contributed by atoms with E-state index >= 15 is 0 Å². The minimum absolute atomic E-state index is 0.150. The highest BCUT2D eigenvalue weighted by Crippen LogP contribution is 2.17. The lowest BCUT2D eigenvalue weighted by molar-refractivity contribution is -0.145. The molecule has 0 aromatic heterocycles. The lowest BCUT2D eigenvalue weighted by atomic mass is 10.2. The number of amides is 1. The highest BCUT2D eigenvalue weighted by molar-refractivity contribution is 9.10. The molecule has 2 aromatic rings. The van der Waals surface area contributed by atoms with Crippen molar-refractivity contribution >= 4 is 27.8 Å². The Hall–Kier alpha value is -2.34. The molecule has 0 saturated carbocycles. The Labute approximate surface area is 149 Å². The fourth-order valence-electron chi connectivity index (χ4n) is 1.87. The molecule has 2 rings (SSSR count). The first-order valence-electron chi connectivity index (χ1n) is 7.48. The van der Waals surface area contributed by atoms with Gasteiger partial charge in [-0.1, -0.05) is 52.3 Å². The standard InChI is InChI=1S/C18H18BrNO4/c19-15-7-4-8-16(11-15)23-10-9-17(21)20-12-18(22)24-13-14-5-2-1-3-6-14/h1-8,11H,9-10,12-13H2,(H,20,21). The van der Waals surface area contributed by atoms with E-state index in [-0.39, 0.29) is 32.1 Å². The lowest BCUT2D eigenvalue weighted by Gasteiger charge is -2.08. The lowest BCUT2D eigenvalue weighted by Crippen LogP contribution is -2.31. The van der Waals surface area contributed by atoms with Crippen LogP contribution in [0, 0.1) is 0 Å². The second kappa shape index (κ2) is 9.72. The van der Waals surface area contributed by atoms with Crippen LogP contribution in [-0.4, -0.2) is 25.0 Å². The van der Waals surface area contributed by atoms with Crippen molar-refractivity contribution in [2.75, 3.05) is 13.2 Å². The van der Waals surface area contributed by atoms with Gasteiger partial charge in [0.2, 0.25) is 5.91 Å². The summed E-state index contributed by atoms with van der Waals surface area (Å²) < 4.78 is 11.4. The molecule has 0 aliphatic heterocycles. The quantitative estimate of drug-likeness (QED) is 0.702. The number of benzene rings is 2. The van der Waals surface area contributed by atoms with E-state index in [1.807, 2.05) is 54.6 Å². The number of carbonyl (C=O) groups excluding carboxylic acids is 2. The van der Waals surface area contributed by atoms with E-state index in [1.165, 1.54) is 0 Å². The smallest absolute Gasteiger partial charge is 0.325 e. The van der Waals surface area contributed by atoms with Gasteiger partial charge in [0.15, 0.2) is 0 Å². The monoisotopic (exact) mass is 391 g/mol. The second-order valence-corrected chi connectivity index (χ2v) is 5.89. The molecule has 0 heterocycles. The summed E-state index contributed by atoms with van der Waals surface area (Å²) >= 11 is 3.34. The van der Waals surface area contributed by atoms with Gasteiger partial charge in [-0.2, -0.15) is 0 Å². The number of rotatable bonds is 8. The molecule has 1 N–H and O–H groups in total. The van der Waals surface area contributed by atoms with Crippen LogP contribution in [0.5, 0.6) is 5.75 Å². The van der Waals surface area contributed by atoms with Gasteiger partial charge >= 0.3 is 5.97 Å². The molecule has 24 heavy (non-hydrogen) atoms. The Morgan fingerprint density at radius 3 is 2.58 bits per heavy atom. The first kappa shape index (κ1) is 18.0. The molecule has 0 bridgehead atoms. The summed E-state index contributed by atoms with van der Waals surface area (Å²) in [6.45, 7) is 0.283. The fourth-order valence-corrected chi connectivity index (χ4v) is 2.24. The molecule has 126 valence electrons. The zero-order valence-electron chi connectivity index (χ0n) is 13.0. The predicted octanol–water partition coefficient (Wildman–Crippen LogP) is 3.08. The third-order valence-corrected chi connectivity index (χ3v) is 3.56. The molecule has 0 unspecified atom stereocenters. The minimum atomic E-state index is -0.472. The molecule has 0 radical (unpaired) electrons. The molecular weight excluding hydrogens is 374 g/mol. The Morgan fingerprint density at radius 1 is 1.04 bits per heavy atom. The molecular formula is C18H18BrNO4. The third-order valence-electron chi connectivity index (χ3n) is 3.07. The molecule has 0 atom stereocenters. The topological polar surface area (TPSA) is 64.6 Å². The highest BCUT2D eigenvalue weighted by atomic mass is 79.9. The van der Waals surface area contributed by atoms with Gasteiger partial charge in [-0.05, 0) is 23.8 Å². The van der Waals surface area contributed by atoms with Crippen LogP contribution in [0.15, 0.2) is 59.1 Å². The summed E-state index contributed by atoms with van der Waals surface area (Å²) in [4.78, 5) is 23.3. The molecule has 2 aromatic carbocycles. The SMILES string of the molecule is O=C(CCOc1cccc(Br)c1)NCC(=O)OCc1ccccc1. The van der Waals surface area contributed by atoms with Crippen LogP contribution in [0.2, 0.25) is 0 Å². The first-order chi connectivity index (χ1) is 11.6. The van der Waals surface area contributed by atoms with Crippen LogP contribution < -0.4 is 10.1 Å². The maximum atomic E-state index is 11.7. The van der Waals surface area contributed by atoms with Gasteiger partial charge in [0, 0.05) is 4.47 Å². The zero-order valence-corrected chi connectivity index (χ0v) is 14.6. The highest BCUT2D eigenvalue weighted by Gasteiger charge is 2.07. The fraction of sp³-hybridized carbons (Fsp3) is 0.222. The third kappa shape index (κ3) is 6.83. The Kier molecular flexibility index (Phi) is 7.29. The van der Waals surface area contributed by atoms with Crippen LogP contribution in [0.3, 0.4) is 0 Å². The zero-order chi connectivity index (χ0) is 17.2. The van der Waals surface area contributed by atoms with Crippen molar-refractivity contribution in [1.29, 1.82) is 0 Å². The van der Waals surface area contributed by atoms with E-state index in [0.717, 1.165) is 10.0 Å². The maximum Gasteiger partial charge on any atom is 0.325 e. The molecule has 0 aliphatic carbocycles. The molecule has 0 saturated heterocycles. The molecule has 0 aliphatic rings. The summed E-state index contributed by atoms with van der Waals surface area (Å²) in [7, 11) is 0. The maximum absolute atomic E-state index is 11.7. The largest absolute Gasteiger partial charge is 0.493 e. The second-order valence-electron chi connectivity index (χ2n) is 4.98. The summed E-state index contributed by atoms with van der Waals surface area (Å²) in [5, 5.41) is 2.51. The molecule has 1 amide bonds. The average molecular weight is 392 g/mol. The van der Waals surface area contributed by atoms with Gasteiger partial charge in [-0.25, -0.2) is 0 Å². The van der Waals surface area contributed by atoms with E-state index in [4.69, 9.17) is 9.47 Å². The molecule has 0 spiro atoms. The van der Waals surface area contributed by atoms with E-state index < -0.39 is 5.97 Å². The van der Waals surface area contributed by atoms with Gasteiger partial charge in [0.1, 0.15) is 18.9 Å². The van der Waals surface area contributed by atoms with Gasteiger partial charge < -0.3 is 14.8 Å². The number of hydrogen-bond donors (Lipinski definition) is 1. The van der Waals surface area contributed by atoms with Crippen molar-refractivity contribution in [2.45, 2.75) is 13.0 Å². The van der Waals surface area contributed by atoms with Crippen LogP contribution >= 0.6 is 15.9 Å². The van der Waals surface area contributed by atoms with E-state index in [1.54, 1.807) is 0 Å². The van der Waals surface area contributed by atoms with Crippen molar-refractivity contribution in [2.24, 2.45) is 0 Å². The molecule has 5 nitrogen and oxygen atoms in total. The summed E-state index contributed by atoms with van der Waals surface area (Å²) in [6.07, 6.45) is 0.165. The van der Waals surface area contributed by atoms with Gasteiger partial charge in [-0.3, -0.25) is 9.59 Å². The summed E-state index contributed by atoms with van der Waals surface area (Å²) in [6, 6.07) is 16.7. The molecule has 6 heteroatoms. The van der Waals surface area contributed by atoms with Gasteiger partial charge in [-0.15, -0.1) is 0 Å². The van der Waals surface area contributed by atoms with E-state index in [0.29, 0.717) is 5.75 Å². The summed E-state index contributed by atoms with van der Waals surface area (Å²) in [5.41, 5.74) is 0.902. The van der Waals surface area contributed by atoms with Crippen molar-refractivity contribution in [1.82, 2.24) is 5.32 Å². The van der Waals surface area contributed by atoms with Crippen LogP contribution in [0.25, 0.3) is 0 Å². The first-order valence-corrected chi connectivity index (χ1v) is 8.27. The van der Waals surface area contributed by atoms with Crippen LogP contribution in [0.4, 0.5) is 0 Å². The number of carbonyl (C=O) groups is 2. The predicted molar refractivity (Wildman–Crippen MR) is 93.5 cm³/mol. The minimum Gasteiger partial charge on any atom is -0.493 e. The molecule has 0 fully saturated rings. The van der Waals surface area contributed by atoms with Crippen molar-refractivity contribution in [3.05, 3.63) is 64.6 Å². The number of hydrogen-bond acceptors (Lipinski definition) is 4. The van der Waals surface area contributed by atoms with Crippen LogP contribution in [-0.2, 0) is 20.9 Å². The normalized spacial score (nSPS) is 10.0. The number of ether oxygens (including phenoxy) is 2. The number of nitrogens with one attached hydrogen (secondary N) is 1. The van der Waals surface area contributed by atoms with Gasteiger partial charge in [0.25, 0.3) is 0 Å². The van der Waals surface area contributed by atoms with Crippen molar-refractivity contribution < 1.29 is 19.1 Å². The van der Waals surface area contributed by atoms with E-state index in [2.05, 4.69) is 21.2 Å². The van der Waals surface area contributed by atoms with Crippen LogP contribution in [0.1, 0.15) is 12.0 Å². The van der Waals surface area contributed by atoms with Gasteiger partial charge in [0.05, 0.1) is 13.0 Å². The van der Waals surface area contributed by atoms with E-state index in [9.17, 15) is 9.59 Å². The summed E-state index contributed by atoms with van der Waals surface area (Å²) in [5.74, 6) is -0.0544. The van der Waals surface area contributed by atoms with Crippen molar-refractivity contribution in [3.8, 4) is 5.75 Å². The number of esters is 1. The Morgan fingerprint density at radius 2 is 1.83 bits per heavy atom. The average Bonchev–Trinajstić information content (AvgIpc) is 2.59. The number of halogens is 1.